The minimum Gasteiger partial charge on any atom is -0.364 e. The standard InChI is InChI=1S/C13H13N5/c1-2-4-10(5-3-1)7-14-13-11-6-12(16-8-15-11)17-9-18-13/h1-5,8-9,14H,6-7H2,(H,15,16,17,18). The monoisotopic (exact) mass is 239 g/mol. The first-order chi connectivity index (χ1) is 8.92. The molecule has 0 amide bonds. The number of rotatable bonds is 3. The van der Waals surface area contributed by atoms with Crippen molar-refractivity contribution in [3.8, 4) is 0 Å². The largest absolute Gasteiger partial charge is 0.364 e. The number of hydrogen-bond donors (Lipinski definition) is 2. The van der Waals surface area contributed by atoms with Gasteiger partial charge in [0.05, 0.1) is 18.5 Å². The van der Waals surface area contributed by atoms with Crippen LogP contribution in [0.4, 0.5) is 0 Å². The van der Waals surface area contributed by atoms with E-state index in [0.29, 0.717) is 6.42 Å². The zero-order valence-corrected chi connectivity index (χ0v) is 9.80. The summed E-state index contributed by atoms with van der Waals surface area (Å²) >= 11 is 0. The Morgan fingerprint density at radius 2 is 2.06 bits per heavy atom. The number of fused-ring (bicyclic) bond motifs is 2. The molecular formula is C13H13N5. The fraction of sp³-hybridized carbons (Fsp3) is 0.154. The molecule has 0 fully saturated rings. The van der Waals surface area contributed by atoms with Gasteiger partial charge in [0.15, 0.2) is 0 Å². The highest BCUT2D eigenvalue weighted by atomic mass is 15.1. The first-order valence-corrected chi connectivity index (χ1v) is 5.81. The molecule has 0 unspecified atom stereocenters. The highest BCUT2D eigenvalue weighted by Gasteiger charge is 2.14. The van der Waals surface area contributed by atoms with Crippen molar-refractivity contribution in [2.24, 2.45) is 15.0 Å². The van der Waals surface area contributed by atoms with Gasteiger partial charge in [0.25, 0.3) is 0 Å². The summed E-state index contributed by atoms with van der Waals surface area (Å²) in [5.41, 5.74) is 2.23. The molecular weight excluding hydrogens is 226 g/mol. The Kier molecular flexibility index (Phi) is 2.87. The molecule has 0 saturated heterocycles. The molecule has 90 valence electrons. The maximum absolute atomic E-state index is 4.29. The van der Waals surface area contributed by atoms with Crippen LogP contribution in [0, 0.1) is 0 Å². The molecule has 2 heterocycles. The second-order valence-electron chi connectivity index (χ2n) is 4.04. The van der Waals surface area contributed by atoms with Crippen LogP contribution in [-0.4, -0.2) is 18.5 Å². The van der Waals surface area contributed by atoms with E-state index in [2.05, 4.69) is 37.7 Å². The molecule has 1 aromatic rings. The van der Waals surface area contributed by atoms with E-state index >= 15 is 0 Å². The highest BCUT2D eigenvalue weighted by Crippen LogP contribution is 2.13. The number of benzene rings is 1. The van der Waals surface area contributed by atoms with Gasteiger partial charge in [0, 0.05) is 6.54 Å². The average molecular weight is 239 g/mol. The molecule has 3 rings (SSSR count). The van der Waals surface area contributed by atoms with Crippen molar-refractivity contribution in [2.45, 2.75) is 13.0 Å². The fourth-order valence-corrected chi connectivity index (χ4v) is 1.84. The van der Waals surface area contributed by atoms with Crippen LogP contribution in [-0.2, 0) is 6.54 Å². The summed E-state index contributed by atoms with van der Waals surface area (Å²) < 4.78 is 0. The lowest BCUT2D eigenvalue weighted by atomic mass is 10.2. The van der Waals surface area contributed by atoms with E-state index in [4.69, 9.17) is 0 Å². The van der Waals surface area contributed by atoms with Gasteiger partial charge < -0.3 is 10.6 Å². The van der Waals surface area contributed by atoms with Crippen molar-refractivity contribution in [1.82, 2.24) is 10.6 Å². The Hall–Kier alpha value is -2.43. The van der Waals surface area contributed by atoms with Gasteiger partial charge >= 0.3 is 0 Å². The van der Waals surface area contributed by atoms with Crippen molar-refractivity contribution in [2.75, 3.05) is 0 Å². The lowest BCUT2D eigenvalue weighted by molar-refractivity contribution is 0.771. The van der Waals surface area contributed by atoms with Crippen molar-refractivity contribution in [3.05, 3.63) is 47.4 Å². The van der Waals surface area contributed by atoms with E-state index in [0.717, 1.165) is 23.9 Å². The predicted octanol–water partition coefficient (Wildman–Crippen LogP) is 1.41. The molecule has 5 nitrogen and oxygen atoms in total. The minimum atomic E-state index is 0.688. The third-order valence-electron chi connectivity index (χ3n) is 2.77. The summed E-state index contributed by atoms with van der Waals surface area (Å²) in [5, 5.41) is 6.43. The van der Waals surface area contributed by atoms with Gasteiger partial charge in [-0.05, 0) is 5.56 Å². The van der Waals surface area contributed by atoms with E-state index in [1.165, 1.54) is 5.56 Å². The Morgan fingerprint density at radius 1 is 1.17 bits per heavy atom. The molecule has 2 bridgehead atoms. The van der Waals surface area contributed by atoms with Gasteiger partial charge in [0.2, 0.25) is 0 Å². The van der Waals surface area contributed by atoms with Crippen LogP contribution < -0.4 is 10.6 Å². The third kappa shape index (κ3) is 2.29. The van der Waals surface area contributed by atoms with E-state index in [1.807, 2.05) is 18.2 Å². The van der Waals surface area contributed by atoms with Crippen molar-refractivity contribution in [3.63, 3.8) is 0 Å². The molecule has 0 aromatic heterocycles. The minimum absolute atomic E-state index is 0.688. The molecule has 0 radical (unpaired) electrons. The smallest absolute Gasteiger partial charge is 0.148 e. The summed E-state index contributed by atoms with van der Waals surface area (Å²) in [7, 11) is 0. The normalized spacial score (nSPS) is 17.0. The summed E-state index contributed by atoms with van der Waals surface area (Å²) in [5.74, 6) is 1.60. The SMILES string of the molecule is C1=NC2=NC=NC(NCc3ccccc3)=C(C2)N1. The van der Waals surface area contributed by atoms with Crippen LogP contribution in [0.3, 0.4) is 0 Å². The van der Waals surface area contributed by atoms with Crippen LogP contribution in [0.2, 0.25) is 0 Å². The number of nitrogens with zero attached hydrogens (tertiary/aromatic N) is 3. The topological polar surface area (TPSA) is 61.1 Å². The van der Waals surface area contributed by atoms with Gasteiger partial charge in [-0.2, -0.15) is 0 Å². The quantitative estimate of drug-likeness (QED) is 0.837. The molecule has 0 aliphatic carbocycles. The van der Waals surface area contributed by atoms with Crippen LogP contribution in [0.5, 0.6) is 0 Å². The van der Waals surface area contributed by atoms with E-state index in [9.17, 15) is 0 Å². The predicted molar refractivity (Wildman–Crippen MR) is 72.5 cm³/mol. The second kappa shape index (κ2) is 4.83. The third-order valence-corrected chi connectivity index (χ3v) is 2.77. The molecule has 5 heteroatoms. The highest BCUT2D eigenvalue weighted by molar-refractivity contribution is 5.98. The number of nitrogens with one attached hydrogen (secondary N) is 2. The Labute approximate surface area is 105 Å². The van der Waals surface area contributed by atoms with E-state index in [1.54, 1.807) is 12.7 Å². The number of aliphatic imine (C=N–C) groups is 3. The number of hydrogen-bond acceptors (Lipinski definition) is 5. The Balaban J connectivity index is 1.75. The summed E-state index contributed by atoms with van der Waals surface area (Å²) in [4.78, 5) is 12.6. The Bertz CT molecular complexity index is 554. The van der Waals surface area contributed by atoms with Crippen LogP contribution in [0.25, 0.3) is 0 Å². The van der Waals surface area contributed by atoms with Crippen LogP contribution in [0.1, 0.15) is 12.0 Å². The molecule has 2 aliphatic heterocycles. The van der Waals surface area contributed by atoms with Gasteiger partial charge in [-0.15, -0.1) is 0 Å². The Morgan fingerprint density at radius 3 is 2.94 bits per heavy atom. The second-order valence-corrected chi connectivity index (χ2v) is 4.04. The molecule has 18 heavy (non-hydrogen) atoms. The first-order valence-electron chi connectivity index (χ1n) is 5.81. The maximum atomic E-state index is 4.29. The molecule has 0 saturated carbocycles. The van der Waals surface area contributed by atoms with Gasteiger partial charge in [0.1, 0.15) is 18.0 Å². The summed E-state index contributed by atoms with van der Waals surface area (Å²) in [6.45, 7) is 0.741. The van der Waals surface area contributed by atoms with Crippen LogP contribution >= 0.6 is 0 Å². The van der Waals surface area contributed by atoms with Crippen molar-refractivity contribution < 1.29 is 0 Å². The van der Waals surface area contributed by atoms with Crippen LogP contribution in [0.15, 0.2) is 56.8 Å². The maximum Gasteiger partial charge on any atom is 0.148 e. The molecule has 0 atom stereocenters. The van der Waals surface area contributed by atoms with Crippen molar-refractivity contribution in [1.29, 1.82) is 0 Å². The lowest BCUT2D eigenvalue weighted by Crippen LogP contribution is -2.25. The average Bonchev–Trinajstić information content (AvgIpc) is 2.56. The number of amidine groups is 1. The van der Waals surface area contributed by atoms with E-state index < -0.39 is 0 Å². The van der Waals surface area contributed by atoms with Gasteiger partial charge in [-0.1, -0.05) is 30.3 Å². The lowest BCUT2D eigenvalue weighted by Gasteiger charge is -2.14. The van der Waals surface area contributed by atoms with Gasteiger partial charge in [-0.3, -0.25) is 0 Å². The fourth-order valence-electron chi connectivity index (χ4n) is 1.84. The molecule has 1 aromatic carbocycles. The summed E-state index contributed by atoms with van der Waals surface area (Å²) in [6, 6.07) is 10.2. The molecule has 2 aliphatic rings. The molecule has 0 spiro atoms. The zero-order chi connectivity index (χ0) is 12.2. The first kappa shape index (κ1) is 10.7. The van der Waals surface area contributed by atoms with Gasteiger partial charge in [-0.25, -0.2) is 15.0 Å². The summed E-state index contributed by atoms with van der Waals surface area (Å²) in [6.07, 6.45) is 3.88. The zero-order valence-electron chi connectivity index (χ0n) is 9.80. The van der Waals surface area contributed by atoms with E-state index in [-0.39, 0.29) is 0 Å². The molecule has 2 N–H and O–H groups in total. The van der Waals surface area contributed by atoms with Crippen molar-refractivity contribution >= 4 is 18.5 Å².